The number of nitrogens with zero attached hydrogens (tertiary/aromatic N) is 3. The number of aliphatic hydroxyl groups is 1. The summed E-state index contributed by atoms with van der Waals surface area (Å²) in [6.07, 6.45) is 5.42. The lowest BCUT2D eigenvalue weighted by atomic mass is 10.0. The summed E-state index contributed by atoms with van der Waals surface area (Å²) in [6.45, 7) is 5.76. The SMILES string of the molecule is C[C@H]1CN([C@@H](C)CO)C(=O)Cc2cc(NC(=O)C3CC3)ccc2O[C@@H]1CN(C)Cc1ccncc1. The van der Waals surface area contributed by atoms with Gasteiger partial charge in [0, 0.05) is 55.1 Å². The number of carbonyl (C=O) groups excluding carboxylic acids is 2. The van der Waals surface area contributed by atoms with E-state index in [2.05, 4.69) is 29.2 Å². The number of hydrogen-bond donors (Lipinski definition) is 2. The number of benzene rings is 1. The molecule has 0 saturated heterocycles. The predicted octanol–water partition coefficient (Wildman–Crippen LogP) is 2.71. The second-order valence-electron chi connectivity index (χ2n) is 10.0. The molecule has 1 aliphatic heterocycles. The van der Waals surface area contributed by atoms with Gasteiger partial charge in [-0.2, -0.15) is 0 Å². The van der Waals surface area contributed by atoms with Gasteiger partial charge in [0.1, 0.15) is 11.9 Å². The van der Waals surface area contributed by atoms with Gasteiger partial charge in [0.2, 0.25) is 11.8 Å². The molecule has 1 saturated carbocycles. The molecule has 8 heteroatoms. The van der Waals surface area contributed by atoms with Crippen LogP contribution in [0, 0.1) is 11.8 Å². The molecule has 0 spiro atoms. The fourth-order valence-electron chi connectivity index (χ4n) is 4.49. The summed E-state index contributed by atoms with van der Waals surface area (Å²) < 4.78 is 6.56. The van der Waals surface area contributed by atoms with E-state index in [1.807, 2.05) is 37.3 Å². The smallest absolute Gasteiger partial charge is 0.227 e. The Kier molecular flexibility index (Phi) is 8.03. The first-order valence-electron chi connectivity index (χ1n) is 12.4. The van der Waals surface area contributed by atoms with E-state index < -0.39 is 0 Å². The lowest BCUT2D eigenvalue weighted by molar-refractivity contribution is -0.134. The Bertz CT molecular complexity index is 1030. The fraction of sp³-hybridized carbons (Fsp3) is 0.519. The average molecular weight is 481 g/mol. The molecule has 2 aliphatic rings. The van der Waals surface area contributed by atoms with Crippen LogP contribution in [-0.4, -0.2) is 70.6 Å². The van der Waals surface area contributed by atoms with Gasteiger partial charge in [-0.05, 0) is 62.7 Å². The van der Waals surface area contributed by atoms with E-state index in [9.17, 15) is 14.7 Å². The van der Waals surface area contributed by atoms with Crippen LogP contribution in [0.4, 0.5) is 5.69 Å². The third-order valence-corrected chi connectivity index (χ3v) is 6.83. The Morgan fingerprint density at radius 1 is 1.29 bits per heavy atom. The van der Waals surface area contributed by atoms with Crippen LogP contribution in [0.1, 0.15) is 37.8 Å². The maximum absolute atomic E-state index is 13.3. The van der Waals surface area contributed by atoms with Crippen molar-refractivity contribution in [2.24, 2.45) is 11.8 Å². The van der Waals surface area contributed by atoms with Crippen molar-refractivity contribution in [2.75, 3.05) is 32.1 Å². The highest BCUT2D eigenvalue weighted by atomic mass is 16.5. The second kappa shape index (κ2) is 11.2. The molecular weight excluding hydrogens is 444 g/mol. The molecule has 35 heavy (non-hydrogen) atoms. The minimum Gasteiger partial charge on any atom is -0.488 e. The minimum atomic E-state index is -0.292. The van der Waals surface area contributed by atoms with Gasteiger partial charge < -0.3 is 20.1 Å². The fourth-order valence-corrected chi connectivity index (χ4v) is 4.49. The van der Waals surface area contributed by atoms with Gasteiger partial charge >= 0.3 is 0 Å². The molecular formula is C27H36N4O4. The summed E-state index contributed by atoms with van der Waals surface area (Å²) in [7, 11) is 2.06. The van der Waals surface area contributed by atoms with Gasteiger partial charge in [-0.3, -0.25) is 19.5 Å². The third-order valence-electron chi connectivity index (χ3n) is 6.83. The highest BCUT2D eigenvalue weighted by molar-refractivity contribution is 5.94. The van der Waals surface area contributed by atoms with Crippen LogP contribution in [0.3, 0.4) is 0 Å². The minimum absolute atomic E-state index is 0.0278. The number of aliphatic hydroxyl groups excluding tert-OH is 1. The lowest BCUT2D eigenvalue weighted by Crippen LogP contribution is -2.47. The van der Waals surface area contributed by atoms with Crippen molar-refractivity contribution in [3.63, 3.8) is 0 Å². The van der Waals surface area contributed by atoms with E-state index in [0.29, 0.717) is 24.5 Å². The van der Waals surface area contributed by atoms with Crippen molar-refractivity contribution in [2.45, 2.75) is 51.8 Å². The first kappa shape index (κ1) is 25.1. The first-order valence-corrected chi connectivity index (χ1v) is 12.4. The second-order valence-corrected chi connectivity index (χ2v) is 10.0. The molecule has 2 aromatic rings. The van der Waals surface area contributed by atoms with Gasteiger partial charge in [0.05, 0.1) is 19.1 Å². The van der Waals surface area contributed by atoms with Gasteiger partial charge in [0.15, 0.2) is 0 Å². The number of rotatable bonds is 8. The maximum atomic E-state index is 13.3. The van der Waals surface area contributed by atoms with Crippen molar-refractivity contribution < 1.29 is 19.4 Å². The highest BCUT2D eigenvalue weighted by Gasteiger charge is 2.32. The van der Waals surface area contributed by atoms with Crippen LogP contribution < -0.4 is 10.1 Å². The summed E-state index contributed by atoms with van der Waals surface area (Å²) in [5, 5.41) is 12.8. The number of nitrogens with one attached hydrogen (secondary N) is 1. The van der Waals surface area contributed by atoms with Gasteiger partial charge in [-0.1, -0.05) is 6.92 Å². The van der Waals surface area contributed by atoms with Crippen molar-refractivity contribution >= 4 is 17.5 Å². The number of carbonyl (C=O) groups is 2. The Morgan fingerprint density at radius 2 is 2.03 bits per heavy atom. The zero-order chi connectivity index (χ0) is 24.9. The van der Waals surface area contributed by atoms with E-state index in [1.165, 1.54) is 5.56 Å². The Morgan fingerprint density at radius 3 is 2.71 bits per heavy atom. The number of likely N-dealkylation sites (N-methyl/N-ethyl adjacent to an activating group) is 1. The molecule has 4 rings (SSSR count). The molecule has 3 atom stereocenters. The van der Waals surface area contributed by atoms with Crippen molar-refractivity contribution in [1.29, 1.82) is 0 Å². The molecule has 1 aromatic heterocycles. The lowest BCUT2D eigenvalue weighted by Gasteiger charge is -2.34. The van der Waals surface area contributed by atoms with Gasteiger partial charge in [-0.25, -0.2) is 0 Å². The van der Waals surface area contributed by atoms with Gasteiger partial charge in [-0.15, -0.1) is 0 Å². The Labute approximate surface area is 207 Å². The number of anilines is 1. The monoisotopic (exact) mass is 480 g/mol. The number of fused-ring (bicyclic) bond motifs is 1. The zero-order valence-electron chi connectivity index (χ0n) is 20.8. The number of hydrogen-bond acceptors (Lipinski definition) is 6. The topological polar surface area (TPSA) is 95.0 Å². The molecule has 188 valence electrons. The average Bonchev–Trinajstić information content (AvgIpc) is 3.68. The maximum Gasteiger partial charge on any atom is 0.227 e. The standard InChI is InChI=1S/C27H36N4O4/c1-18-14-31(19(2)17-32)26(33)13-22-12-23(29-27(34)21-4-5-21)6-7-24(22)35-25(18)16-30(3)15-20-8-10-28-11-9-20/h6-12,18-19,21,25,32H,4-5,13-17H2,1-3H3,(H,29,34)/t18-,19-,25+/m0/s1. The summed E-state index contributed by atoms with van der Waals surface area (Å²) in [5.74, 6) is 0.767. The predicted molar refractivity (Wildman–Crippen MR) is 134 cm³/mol. The van der Waals surface area contributed by atoms with E-state index in [1.54, 1.807) is 17.3 Å². The largest absolute Gasteiger partial charge is 0.488 e. The van der Waals surface area contributed by atoms with E-state index >= 15 is 0 Å². The molecule has 2 amide bonds. The number of ether oxygens (including phenoxy) is 1. The van der Waals surface area contributed by atoms with Gasteiger partial charge in [0.25, 0.3) is 0 Å². The number of amides is 2. The van der Waals surface area contributed by atoms with Crippen molar-refractivity contribution in [3.8, 4) is 5.75 Å². The first-order chi connectivity index (χ1) is 16.8. The Hall–Kier alpha value is -2.97. The summed E-state index contributed by atoms with van der Waals surface area (Å²) in [6, 6.07) is 9.26. The van der Waals surface area contributed by atoms with E-state index in [-0.39, 0.29) is 48.8 Å². The summed E-state index contributed by atoms with van der Waals surface area (Å²) in [5.41, 5.74) is 2.59. The highest BCUT2D eigenvalue weighted by Crippen LogP contribution is 2.32. The van der Waals surface area contributed by atoms with E-state index in [4.69, 9.17) is 4.74 Å². The van der Waals surface area contributed by atoms with Crippen LogP contribution in [0.5, 0.6) is 5.75 Å². The molecule has 1 fully saturated rings. The van der Waals surface area contributed by atoms with Crippen LogP contribution >= 0.6 is 0 Å². The third kappa shape index (κ3) is 6.58. The number of aromatic nitrogens is 1. The molecule has 8 nitrogen and oxygen atoms in total. The van der Waals surface area contributed by atoms with Crippen LogP contribution in [0.25, 0.3) is 0 Å². The van der Waals surface area contributed by atoms with E-state index in [0.717, 1.165) is 24.9 Å². The van der Waals surface area contributed by atoms with Crippen molar-refractivity contribution in [1.82, 2.24) is 14.8 Å². The molecule has 2 heterocycles. The quantitative estimate of drug-likeness (QED) is 0.603. The molecule has 0 radical (unpaired) electrons. The zero-order valence-corrected chi connectivity index (χ0v) is 20.8. The molecule has 2 N–H and O–H groups in total. The Balaban J connectivity index is 1.58. The number of pyridine rings is 1. The van der Waals surface area contributed by atoms with Crippen LogP contribution in [-0.2, 0) is 22.6 Å². The summed E-state index contributed by atoms with van der Waals surface area (Å²) in [4.78, 5) is 33.6. The molecule has 1 aliphatic carbocycles. The molecule has 0 bridgehead atoms. The van der Waals surface area contributed by atoms with Crippen LogP contribution in [0.2, 0.25) is 0 Å². The molecule has 0 unspecified atom stereocenters. The van der Waals surface area contributed by atoms with Crippen LogP contribution in [0.15, 0.2) is 42.7 Å². The summed E-state index contributed by atoms with van der Waals surface area (Å²) >= 11 is 0. The normalized spacial score (nSPS) is 21.4. The van der Waals surface area contributed by atoms with Crippen molar-refractivity contribution in [3.05, 3.63) is 53.9 Å². The molecule has 1 aromatic carbocycles.